The van der Waals surface area contributed by atoms with E-state index < -0.39 is 28.5 Å². The molecule has 0 spiro atoms. The van der Waals surface area contributed by atoms with Gasteiger partial charge in [0.05, 0.1) is 19.1 Å². The van der Waals surface area contributed by atoms with Crippen LogP contribution in [0.25, 0.3) is 0 Å². The second-order valence-corrected chi connectivity index (χ2v) is 10.6. The zero-order chi connectivity index (χ0) is 25.6. The van der Waals surface area contributed by atoms with Gasteiger partial charge in [0.25, 0.3) is 0 Å². The number of carbonyl (C=O) groups excluding carboxylic acids is 2. The van der Waals surface area contributed by atoms with Crippen LogP contribution in [0.3, 0.4) is 0 Å². The first-order valence-corrected chi connectivity index (χ1v) is 13.0. The van der Waals surface area contributed by atoms with E-state index in [1.165, 1.54) is 4.90 Å². The van der Waals surface area contributed by atoms with Gasteiger partial charge < -0.3 is 15.0 Å². The molecule has 2 aromatic rings. The lowest BCUT2D eigenvalue weighted by molar-refractivity contribution is -0.139. The number of methoxy groups -OCH3 is 1. The fraction of sp³-hybridized carbons (Fsp3) is 0.440. The molecular formula is C25H35N3O5S. The van der Waals surface area contributed by atoms with Crippen molar-refractivity contribution in [3.05, 3.63) is 59.2 Å². The third kappa shape index (κ3) is 6.96. The average molecular weight is 490 g/mol. The number of ether oxygens (including phenoxy) is 1. The topological polar surface area (TPSA) is 96.0 Å². The van der Waals surface area contributed by atoms with Crippen LogP contribution in [0.2, 0.25) is 0 Å². The lowest BCUT2D eigenvalue weighted by Crippen LogP contribution is -2.52. The smallest absolute Gasteiger partial charge is 0.244 e. The number of hydrogen-bond acceptors (Lipinski definition) is 5. The molecule has 0 unspecified atom stereocenters. The highest BCUT2D eigenvalue weighted by atomic mass is 32.2. The average Bonchev–Trinajstić information content (AvgIpc) is 2.75. The number of benzene rings is 2. The van der Waals surface area contributed by atoms with Crippen LogP contribution in [0.5, 0.6) is 5.75 Å². The van der Waals surface area contributed by atoms with Crippen molar-refractivity contribution < 1.29 is 22.7 Å². The maximum absolute atomic E-state index is 13.6. The molecule has 9 heteroatoms. The number of rotatable bonds is 10. The summed E-state index contributed by atoms with van der Waals surface area (Å²) in [4.78, 5) is 27.8. The van der Waals surface area contributed by atoms with Gasteiger partial charge in [-0.25, -0.2) is 8.42 Å². The van der Waals surface area contributed by atoms with Gasteiger partial charge in [-0.2, -0.15) is 0 Å². The van der Waals surface area contributed by atoms with E-state index in [1.807, 2.05) is 32.0 Å². The first-order valence-electron chi connectivity index (χ1n) is 11.1. The molecule has 2 amide bonds. The standard InChI is InChI=1S/C25H35N3O5S/c1-17(2)26-25(30)20(5)27(15-21-11-13-22(33-6)14-12-21)23(29)16-28(34(7,31)32)24-18(3)9-8-10-19(24)4/h8-14,17,20H,15-16H2,1-7H3,(H,26,30)/t20-/m0/s1. The predicted octanol–water partition coefficient (Wildman–Crippen LogP) is 3.02. The Morgan fingerprint density at radius 1 is 1.00 bits per heavy atom. The van der Waals surface area contributed by atoms with Crippen molar-refractivity contribution in [3.8, 4) is 5.75 Å². The number of aryl methyl sites for hydroxylation is 2. The van der Waals surface area contributed by atoms with Gasteiger partial charge in [-0.1, -0.05) is 30.3 Å². The van der Waals surface area contributed by atoms with Gasteiger partial charge in [-0.15, -0.1) is 0 Å². The van der Waals surface area contributed by atoms with E-state index in [-0.39, 0.29) is 18.5 Å². The van der Waals surface area contributed by atoms with Crippen molar-refractivity contribution in [2.24, 2.45) is 0 Å². The van der Waals surface area contributed by atoms with Gasteiger partial charge in [-0.3, -0.25) is 13.9 Å². The molecule has 0 aromatic heterocycles. The van der Waals surface area contributed by atoms with Gasteiger partial charge in [0.2, 0.25) is 21.8 Å². The molecule has 0 saturated carbocycles. The summed E-state index contributed by atoms with van der Waals surface area (Å²) in [5, 5.41) is 2.83. The molecule has 0 aliphatic heterocycles. The summed E-state index contributed by atoms with van der Waals surface area (Å²) < 4.78 is 31.8. The van der Waals surface area contributed by atoms with E-state index in [2.05, 4.69) is 5.32 Å². The molecule has 1 N–H and O–H groups in total. The van der Waals surface area contributed by atoms with E-state index in [1.54, 1.807) is 52.1 Å². The van der Waals surface area contributed by atoms with Crippen LogP contribution >= 0.6 is 0 Å². The maximum atomic E-state index is 13.6. The molecule has 0 aliphatic carbocycles. The summed E-state index contributed by atoms with van der Waals surface area (Å²) in [6.07, 6.45) is 1.08. The van der Waals surface area contributed by atoms with Crippen LogP contribution in [-0.2, 0) is 26.2 Å². The Morgan fingerprint density at radius 2 is 1.56 bits per heavy atom. The molecule has 2 rings (SSSR count). The Labute approximate surface area is 202 Å². The molecule has 1 atom stereocenters. The molecule has 0 saturated heterocycles. The van der Waals surface area contributed by atoms with E-state index in [4.69, 9.17) is 4.74 Å². The quantitative estimate of drug-likeness (QED) is 0.554. The first kappa shape index (κ1) is 27.2. The van der Waals surface area contributed by atoms with Crippen LogP contribution in [-0.4, -0.2) is 57.1 Å². The Hall–Kier alpha value is -3.07. The van der Waals surface area contributed by atoms with Gasteiger partial charge in [0.1, 0.15) is 18.3 Å². The van der Waals surface area contributed by atoms with Crippen molar-refractivity contribution in [2.45, 2.75) is 53.2 Å². The van der Waals surface area contributed by atoms with Crippen molar-refractivity contribution in [3.63, 3.8) is 0 Å². The van der Waals surface area contributed by atoms with Gasteiger partial charge >= 0.3 is 0 Å². The fourth-order valence-electron chi connectivity index (χ4n) is 3.69. The van der Waals surface area contributed by atoms with Crippen LogP contribution in [0.1, 0.15) is 37.5 Å². The largest absolute Gasteiger partial charge is 0.497 e. The van der Waals surface area contributed by atoms with Crippen LogP contribution < -0.4 is 14.4 Å². The summed E-state index contributed by atoms with van der Waals surface area (Å²) in [5.74, 6) is -0.115. The monoisotopic (exact) mass is 489 g/mol. The van der Waals surface area contributed by atoms with Crippen molar-refractivity contribution in [1.82, 2.24) is 10.2 Å². The number of anilines is 1. The second-order valence-electron chi connectivity index (χ2n) is 8.72. The number of hydrogen-bond donors (Lipinski definition) is 1. The minimum Gasteiger partial charge on any atom is -0.497 e. The Bertz CT molecular complexity index is 1090. The van der Waals surface area contributed by atoms with Gasteiger partial charge in [0.15, 0.2) is 0 Å². The normalized spacial score (nSPS) is 12.2. The molecule has 2 aromatic carbocycles. The lowest BCUT2D eigenvalue weighted by Gasteiger charge is -2.32. The van der Waals surface area contributed by atoms with E-state index in [0.29, 0.717) is 11.4 Å². The first-order chi connectivity index (χ1) is 15.8. The highest BCUT2D eigenvalue weighted by molar-refractivity contribution is 7.92. The van der Waals surface area contributed by atoms with Crippen molar-refractivity contribution >= 4 is 27.5 Å². The van der Waals surface area contributed by atoms with Crippen LogP contribution in [0, 0.1) is 13.8 Å². The molecule has 0 fully saturated rings. The summed E-state index contributed by atoms with van der Waals surface area (Å²) in [5.41, 5.74) is 2.74. The van der Waals surface area contributed by atoms with Gasteiger partial charge in [-0.05, 0) is 63.4 Å². The molecule has 0 radical (unpaired) electrons. The molecule has 186 valence electrons. The Morgan fingerprint density at radius 3 is 2.03 bits per heavy atom. The zero-order valence-corrected chi connectivity index (χ0v) is 21.8. The van der Waals surface area contributed by atoms with Gasteiger partial charge in [0, 0.05) is 12.6 Å². The Kier molecular flexibility index (Phi) is 9.09. The third-order valence-corrected chi connectivity index (χ3v) is 6.59. The molecule has 0 bridgehead atoms. The van der Waals surface area contributed by atoms with E-state index in [9.17, 15) is 18.0 Å². The number of sulfonamides is 1. The number of amides is 2. The highest BCUT2D eigenvalue weighted by Crippen LogP contribution is 2.27. The number of nitrogens with one attached hydrogen (secondary N) is 1. The van der Waals surface area contributed by atoms with E-state index in [0.717, 1.165) is 27.3 Å². The molecule has 0 heterocycles. The predicted molar refractivity (Wildman–Crippen MR) is 134 cm³/mol. The highest BCUT2D eigenvalue weighted by Gasteiger charge is 2.31. The zero-order valence-electron chi connectivity index (χ0n) is 21.0. The molecular weight excluding hydrogens is 454 g/mol. The van der Waals surface area contributed by atoms with Crippen molar-refractivity contribution in [2.75, 3.05) is 24.2 Å². The summed E-state index contributed by atoms with van der Waals surface area (Å²) in [6.45, 7) is 8.65. The molecule has 0 aliphatic rings. The number of carbonyl (C=O) groups is 2. The Balaban J connectivity index is 2.44. The van der Waals surface area contributed by atoms with Crippen LogP contribution in [0.15, 0.2) is 42.5 Å². The number of para-hydroxylation sites is 1. The number of nitrogens with zero attached hydrogens (tertiary/aromatic N) is 2. The third-order valence-electron chi connectivity index (χ3n) is 5.48. The minimum atomic E-state index is -3.77. The minimum absolute atomic E-state index is 0.102. The van der Waals surface area contributed by atoms with E-state index >= 15 is 0 Å². The molecule has 8 nitrogen and oxygen atoms in total. The van der Waals surface area contributed by atoms with Crippen LogP contribution in [0.4, 0.5) is 5.69 Å². The summed E-state index contributed by atoms with van der Waals surface area (Å²) in [6, 6.07) is 11.7. The molecule has 34 heavy (non-hydrogen) atoms. The van der Waals surface area contributed by atoms with Crippen molar-refractivity contribution in [1.29, 1.82) is 0 Å². The SMILES string of the molecule is COc1ccc(CN(C(=O)CN(c2c(C)cccc2C)S(C)(=O)=O)[C@@H](C)C(=O)NC(C)C)cc1. The lowest BCUT2D eigenvalue weighted by atomic mass is 10.1. The summed E-state index contributed by atoms with van der Waals surface area (Å²) >= 11 is 0. The maximum Gasteiger partial charge on any atom is 0.244 e. The second kappa shape index (κ2) is 11.4. The summed E-state index contributed by atoms with van der Waals surface area (Å²) in [7, 11) is -2.20. The fourth-order valence-corrected chi connectivity index (χ4v) is 4.65.